The molecule has 29 heavy (non-hydrogen) atoms. The van der Waals surface area contributed by atoms with E-state index in [0.29, 0.717) is 18.2 Å². The minimum atomic E-state index is -0.767. The van der Waals surface area contributed by atoms with Gasteiger partial charge in [0.15, 0.2) is 22.4 Å². The molecule has 10 heteroatoms. The van der Waals surface area contributed by atoms with Crippen LogP contribution in [0.3, 0.4) is 0 Å². The Bertz CT molecular complexity index is 1160. The molecule has 1 unspecified atom stereocenters. The predicted molar refractivity (Wildman–Crippen MR) is 108 cm³/mol. The van der Waals surface area contributed by atoms with Crippen LogP contribution >= 0.6 is 11.3 Å². The first-order chi connectivity index (χ1) is 13.9. The number of carbonyl (C=O) groups is 1. The molecule has 3 aromatic rings. The van der Waals surface area contributed by atoms with E-state index >= 15 is 0 Å². The summed E-state index contributed by atoms with van der Waals surface area (Å²) in [7, 11) is 0. The van der Waals surface area contributed by atoms with Crippen LogP contribution in [0.5, 0.6) is 0 Å². The lowest BCUT2D eigenvalue weighted by molar-refractivity contribution is 0.0524. The van der Waals surface area contributed by atoms with Crippen molar-refractivity contribution in [2.75, 3.05) is 24.6 Å². The van der Waals surface area contributed by atoms with Crippen LogP contribution < -0.4 is 16.1 Å². The van der Waals surface area contributed by atoms with Crippen molar-refractivity contribution in [3.8, 4) is 5.13 Å². The van der Waals surface area contributed by atoms with Gasteiger partial charge in [-0.2, -0.15) is 0 Å². The average molecular weight is 417 g/mol. The minimum absolute atomic E-state index is 0.00634. The van der Waals surface area contributed by atoms with Gasteiger partial charge in [0.25, 0.3) is 0 Å². The van der Waals surface area contributed by atoms with Crippen molar-refractivity contribution in [2.24, 2.45) is 5.73 Å². The van der Waals surface area contributed by atoms with Gasteiger partial charge in [-0.05, 0) is 26.3 Å². The van der Waals surface area contributed by atoms with Gasteiger partial charge in [-0.3, -0.25) is 9.36 Å². The van der Waals surface area contributed by atoms with Gasteiger partial charge >= 0.3 is 5.97 Å². The number of aromatic nitrogens is 3. The molecular weight excluding hydrogens is 397 g/mol. The third kappa shape index (κ3) is 3.49. The van der Waals surface area contributed by atoms with Gasteiger partial charge in [0.1, 0.15) is 5.56 Å². The molecule has 0 radical (unpaired) electrons. The normalized spacial score (nSPS) is 16.6. The number of nitrogens with two attached hydrogens (primary N) is 1. The quantitative estimate of drug-likeness (QED) is 0.648. The molecule has 1 aliphatic heterocycles. The number of ether oxygens (including phenoxy) is 1. The second-order valence-corrected chi connectivity index (χ2v) is 7.73. The molecule has 1 fully saturated rings. The number of hydrogen-bond donors (Lipinski definition) is 1. The number of pyridine rings is 2. The van der Waals surface area contributed by atoms with Gasteiger partial charge in [0.05, 0.1) is 17.7 Å². The molecule has 0 amide bonds. The summed E-state index contributed by atoms with van der Waals surface area (Å²) in [5.74, 6) is -1.27. The van der Waals surface area contributed by atoms with Crippen molar-refractivity contribution in [3.63, 3.8) is 0 Å². The topological polar surface area (TPSA) is 103 Å². The standard InChI is InChI=1S/C19H20FN5O3S/c1-3-28-18(27)13-8-25(19-22-10(2)9-29-19)16-12(15(13)26)6-14(20)17(23-16)24-5-4-11(21)7-24/h6,8-9,11H,3-5,7,21H2,1-2H3. The Morgan fingerprint density at radius 1 is 1.45 bits per heavy atom. The summed E-state index contributed by atoms with van der Waals surface area (Å²) in [6, 6.07) is 1.07. The smallest absolute Gasteiger partial charge is 0.343 e. The van der Waals surface area contributed by atoms with Gasteiger partial charge in [0, 0.05) is 30.7 Å². The molecule has 4 heterocycles. The first-order valence-electron chi connectivity index (χ1n) is 9.25. The lowest BCUT2D eigenvalue weighted by Crippen LogP contribution is -2.28. The van der Waals surface area contributed by atoms with Crippen LogP contribution in [0, 0.1) is 12.7 Å². The van der Waals surface area contributed by atoms with Crippen LogP contribution in [-0.2, 0) is 4.74 Å². The SMILES string of the molecule is CCOC(=O)c1cn(-c2nc(C)cs2)c2nc(N3CCC(N)C3)c(F)cc2c1=O. The van der Waals surface area contributed by atoms with E-state index in [4.69, 9.17) is 10.5 Å². The van der Waals surface area contributed by atoms with E-state index in [1.807, 2.05) is 12.3 Å². The highest BCUT2D eigenvalue weighted by Gasteiger charge is 2.26. The number of halogens is 1. The number of thiazole rings is 1. The van der Waals surface area contributed by atoms with E-state index in [1.54, 1.807) is 16.4 Å². The molecule has 1 aliphatic rings. The Balaban J connectivity index is 1.98. The second-order valence-electron chi connectivity index (χ2n) is 6.89. The molecule has 152 valence electrons. The van der Waals surface area contributed by atoms with Crippen LogP contribution in [0.15, 0.2) is 22.4 Å². The maximum Gasteiger partial charge on any atom is 0.343 e. The summed E-state index contributed by atoms with van der Waals surface area (Å²) in [6.45, 7) is 4.67. The van der Waals surface area contributed by atoms with Crippen LogP contribution in [0.2, 0.25) is 0 Å². The summed E-state index contributed by atoms with van der Waals surface area (Å²) >= 11 is 1.33. The maximum absolute atomic E-state index is 14.9. The average Bonchev–Trinajstić information content (AvgIpc) is 3.30. The number of hydrogen-bond acceptors (Lipinski definition) is 8. The third-order valence-electron chi connectivity index (χ3n) is 4.75. The van der Waals surface area contributed by atoms with Crippen molar-refractivity contribution in [1.82, 2.24) is 14.5 Å². The molecule has 0 spiro atoms. The Morgan fingerprint density at radius 3 is 2.86 bits per heavy atom. The van der Waals surface area contributed by atoms with E-state index < -0.39 is 17.2 Å². The van der Waals surface area contributed by atoms with Gasteiger partial charge in [-0.15, -0.1) is 11.3 Å². The largest absolute Gasteiger partial charge is 0.462 e. The van der Waals surface area contributed by atoms with E-state index in [9.17, 15) is 14.0 Å². The summed E-state index contributed by atoms with van der Waals surface area (Å²) in [6.07, 6.45) is 2.10. The Labute approximate surface area is 169 Å². The number of rotatable bonds is 4. The van der Waals surface area contributed by atoms with Crippen molar-refractivity contribution in [2.45, 2.75) is 26.3 Å². The monoisotopic (exact) mass is 417 g/mol. The zero-order valence-corrected chi connectivity index (χ0v) is 16.8. The van der Waals surface area contributed by atoms with Crippen LogP contribution in [0.25, 0.3) is 16.2 Å². The van der Waals surface area contributed by atoms with Crippen molar-refractivity contribution >= 4 is 34.2 Å². The number of carbonyl (C=O) groups excluding carboxylic acids is 1. The van der Waals surface area contributed by atoms with Gasteiger partial charge in [0.2, 0.25) is 5.43 Å². The number of anilines is 1. The molecule has 0 aliphatic carbocycles. The van der Waals surface area contributed by atoms with Crippen LogP contribution in [0.1, 0.15) is 29.4 Å². The lowest BCUT2D eigenvalue weighted by atomic mass is 10.2. The number of esters is 1. The Kier molecular flexibility index (Phi) is 5.05. The van der Waals surface area contributed by atoms with Gasteiger partial charge in [-0.25, -0.2) is 19.2 Å². The fourth-order valence-corrected chi connectivity index (χ4v) is 4.15. The van der Waals surface area contributed by atoms with Gasteiger partial charge < -0.3 is 15.4 Å². The third-order valence-corrected chi connectivity index (χ3v) is 5.70. The second kappa shape index (κ2) is 7.53. The molecule has 0 saturated carbocycles. The molecule has 4 rings (SSSR count). The number of aryl methyl sites for hydroxylation is 1. The minimum Gasteiger partial charge on any atom is -0.462 e. The van der Waals surface area contributed by atoms with Crippen LogP contribution in [0.4, 0.5) is 10.2 Å². The number of nitrogens with zero attached hydrogens (tertiary/aromatic N) is 4. The fourth-order valence-electron chi connectivity index (χ4n) is 3.37. The predicted octanol–water partition coefficient (Wildman–Crippen LogP) is 2.00. The fraction of sp³-hybridized carbons (Fsp3) is 0.368. The molecular formula is C19H20FN5O3S. The first-order valence-corrected chi connectivity index (χ1v) is 10.1. The van der Waals surface area contributed by atoms with E-state index in [2.05, 4.69) is 9.97 Å². The van der Waals surface area contributed by atoms with E-state index in [-0.39, 0.29) is 35.1 Å². The van der Waals surface area contributed by atoms with Crippen molar-refractivity contribution in [3.05, 3.63) is 44.9 Å². The zero-order valence-electron chi connectivity index (χ0n) is 16.0. The van der Waals surface area contributed by atoms with Crippen molar-refractivity contribution < 1.29 is 13.9 Å². The van der Waals surface area contributed by atoms with Gasteiger partial charge in [-0.1, -0.05) is 0 Å². The summed E-state index contributed by atoms with van der Waals surface area (Å²) in [5, 5.41) is 2.35. The van der Waals surface area contributed by atoms with E-state index in [1.165, 1.54) is 17.5 Å². The molecule has 0 aromatic carbocycles. The molecule has 8 nitrogen and oxygen atoms in total. The summed E-state index contributed by atoms with van der Waals surface area (Å²) in [5.41, 5.74) is 6.14. The maximum atomic E-state index is 14.9. The molecule has 0 bridgehead atoms. The highest BCUT2D eigenvalue weighted by Crippen LogP contribution is 2.26. The van der Waals surface area contributed by atoms with Crippen molar-refractivity contribution in [1.29, 1.82) is 0 Å². The highest BCUT2D eigenvalue weighted by molar-refractivity contribution is 7.12. The molecule has 1 atom stereocenters. The first kappa shape index (κ1) is 19.5. The molecule has 2 N–H and O–H groups in total. The summed E-state index contributed by atoms with van der Waals surface area (Å²) in [4.78, 5) is 35.9. The molecule has 3 aromatic heterocycles. The van der Waals surface area contributed by atoms with E-state index in [0.717, 1.165) is 18.2 Å². The molecule has 1 saturated heterocycles. The number of fused-ring (bicyclic) bond motifs is 1. The highest BCUT2D eigenvalue weighted by atomic mass is 32.1. The Hall–Kier alpha value is -2.85. The summed E-state index contributed by atoms with van der Waals surface area (Å²) < 4.78 is 21.4. The zero-order chi connectivity index (χ0) is 20.7. The lowest BCUT2D eigenvalue weighted by Gasteiger charge is -2.19. The Morgan fingerprint density at radius 2 is 2.24 bits per heavy atom. The van der Waals surface area contributed by atoms with Crippen LogP contribution in [-0.4, -0.2) is 46.2 Å².